The monoisotopic (exact) mass is 198 g/mol. The van der Waals surface area contributed by atoms with Gasteiger partial charge in [-0.25, -0.2) is 0 Å². The molecule has 2 aliphatic rings. The number of aliphatic carboxylic acids is 1. The number of hydrogen-bond donors (Lipinski definition) is 1. The number of ether oxygens (including phenoxy) is 1. The Hall–Kier alpha value is -1.06. The topological polar surface area (TPSA) is 63.6 Å². The van der Waals surface area contributed by atoms with Crippen molar-refractivity contribution in [3.05, 3.63) is 0 Å². The van der Waals surface area contributed by atoms with E-state index in [2.05, 4.69) is 4.74 Å². The van der Waals surface area contributed by atoms with Crippen molar-refractivity contribution in [2.75, 3.05) is 7.11 Å². The molecule has 0 bridgehead atoms. The summed E-state index contributed by atoms with van der Waals surface area (Å²) in [4.78, 5) is 22.3. The molecule has 2 saturated carbocycles. The Morgan fingerprint density at radius 2 is 1.71 bits per heavy atom. The Labute approximate surface area is 82.2 Å². The first-order valence-corrected chi connectivity index (χ1v) is 4.94. The summed E-state index contributed by atoms with van der Waals surface area (Å²) in [5.41, 5.74) is 0. The predicted octanol–water partition coefficient (Wildman–Crippen LogP) is 0.906. The van der Waals surface area contributed by atoms with E-state index in [1.54, 1.807) is 0 Å². The predicted molar refractivity (Wildman–Crippen MR) is 47.5 cm³/mol. The van der Waals surface area contributed by atoms with Crippen molar-refractivity contribution in [1.82, 2.24) is 0 Å². The Bertz CT molecular complexity index is 273. The van der Waals surface area contributed by atoms with Crippen LogP contribution in [0.2, 0.25) is 0 Å². The normalized spacial score (nSPS) is 39.8. The maximum atomic E-state index is 11.4. The first kappa shape index (κ1) is 9.49. The van der Waals surface area contributed by atoms with Crippen molar-refractivity contribution < 1.29 is 19.4 Å². The van der Waals surface area contributed by atoms with Crippen LogP contribution in [0.1, 0.15) is 19.3 Å². The molecule has 0 spiro atoms. The van der Waals surface area contributed by atoms with Crippen molar-refractivity contribution in [2.24, 2.45) is 23.7 Å². The van der Waals surface area contributed by atoms with E-state index in [1.807, 2.05) is 0 Å². The van der Waals surface area contributed by atoms with E-state index in [1.165, 1.54) is 7.11 Å². The van der Waals surface area contributed by atoms with Gasteiger partial charge in [0.05, 0.1) is 18.9 Å². The third-order valence-electron chi connectivity index (χ3n) is 3.49. The van der Waals surface area contributed by atoms with Crippen molar-refractivity contribution in [2.45, 2.75) is 19.3 Å². The van der Waals surface area contributed by atoms with Gasteiger partial charge in [-0.15, -0.1) is 0 Å². The molecule has 0 aliphatic heterocycles. The summed E-state index contributed by atoms with van der Waals surface area (Å²) < 4.78 is 4.63. The van der Waals surface area contributed by atoms with Crippen LogP contribution < -0.4 is 0 Å². The molecule has 2 unspecified atom stereocenters. The number of carboxylic acid groups (broad SMARTS) is 1. The largest absolute Gasteiger partial charge is 0.481 e. The van der Waals surface area contributed by atoms with Gasteiger partial charge in [0.1, 0.15) is 0 Å². The summed E-state index contributed by atoms with van der Waals surface area (Å²) >= 11 is 0. The van der Waals surface area contributed by atoms with E-state index >= 15 is 0 Å². The van der Waals surface area contributed by atoms with Gasteiger partial charge in [0, 0.05) is 0 Å². The average Bonchev–Trinajstić information content (AvgIpc) is 2.92. The van der Waals surface area contributed by atoms with Crippen molar-refractivity contribution >= 4 is 11.9 Å². The molecule has 0 aromatic carbocycles. The van der Waals surface area contributed by atoms with E-state index < -0.39 is 17.8 Å². The smallest absolute Gasteiger partial charge is 0.309 e. The molecule has 2 fully saturated rings. The van der Waals surface area contributed by atoms with Crippen LogP contribution in [-0.2, 0) is 14.3 Å². The maximum Gasteiger partial charge on any atom is 0.309 e. The van der Waals surface area contributed by atoms with Crippen LogP contribution >= 0.6 is 0 Å². The lowest BCUT2D eigenvalue weighted by molar-refractivity contribution is -0.157. The van der Waals surface area contributed by atoms with Gasteiger partial charge >= 0.3 is 11.9 Å². The third-order valence-corrected chi connectivity index (χ3v) is 3.49. The lowest BCUT2D eigenvalue weighted by Gasteiger charge is -2.25. The number of rotatable bonds is 2. The second-order valence-electron chi connectivity index (χ2n) is 4.30. The fourth-order valence-corrected chi connectivity index (χ4v) is 2.55. The molecule has 0 heterocycles. The summed E-state index contributed by atoms with van der Waals surface area (Å²) in [5, 5.41) is 8.98. The van der Waals surface area contributed by atoms with Gasteiger partial charge < -0.3 is 9.84 Å². The molecular formula is C10H14O4. The van der Waals surface area contributed by atoms with Crippen molar-refractivity contribution in [3.8, 4) is 0 Å². The second kappa shape index (κ2) is 3.26. The first-order valence-electron chi connectivity index (χ1n) is 4.94. The highest BCUT2D eigenvalue weighted by atomic mass is 16.5. The van der Waals surface area contributed by atoms with Crippen LogP contribution in [0.15, 0.2) is 0 Å². The van der Waals surface area contributed by atoms with Gasteiger partial charge in [-0.05, 0) is 31.1 Å². The van der Waals surface area contributed by atoms with Crippen LogP contribution in [0, 0.1) is 23.7 Å². The number of methoxy groups -OCH3 is 1. The molecule has 2 aliphatic carbocycles. The van der Waals surface area contributed by atoms with Crippen LogP contribution in [0.25, 0.3) is 0 Å². The standard InChI is InChI=1S/C10H14O4/c1-14-10(13)8-4-6-2-5(6)3-7(8)9(11)12/h5-8H,2-4H2,1H3,(H,11,12)/t5?,6?,7-,8-/m1/s1. The average molecular weight is 198 g/mol. The van der Waals surface area contributed by atoms with E-state index in [4.69, 9.17) is 5.11 Å². The summed E-state index contributed by atoms with van der Waals surface area (Å²) in [5.74, 6) is -1.02. The molecule has 2 rings (SSSR count). The summed E-state index contributed by atoms with van der Waals surface area (Å²) in [6.45, 7) is 0. The number of carbonyl (C=O) groups excluding carboxylic acids is 1. The fraction of sp³-hybridized carbons (Fsp3) is 0.800. The zero-order valence-corrected chi connectivity index (χ0v) is 8.10. The first-order chi connectivity index (χ1) is 6.63. The third kappa shape index (κ3) is 1.49. The minimum Gasteiger partial charge on any atom is -0.481 e. The molecule has 0 amide bonds. The lowest BCUT2D eigenvalue weighted by atomic mass is 9.79. The van der Waals surface area contributed by atoms with Gasteiger partial charge in [-0.2, -0.15) is 0 Å². The number of carbonyl (C=O) groups is 2. The summed E-state index contributed by atoms with van der Waals surface area (Å²) in [7, 11) is 1.32. The zero-order valence-electron chi connectivity index (χ0n) is 8.10. The quantitative estimate of drug-likeness (QED) is 0.670. The molecule has 1 N–H and O–H groups in total. The molecule has 14 heavy (non-hydrogen) atoms. The van der Waals surface area contributed by atoms with Gasteiger partial charge in [-0.1, -0.05) is 0 Å². The highest BCUT2D eigenvalue weighted by molar-refractivity contribution is 5.81. The molecule has 4 heteroatoms. The molecule has 0 aromatic rings. The molecule has 0 aromatic heterocycles. The molecular weight excluding hydrogens is 184 g/mol. The van der Waals surface area contributed by atoms with Gasteiger partial charge in [0.2, 0.25) is 0 Å². The Kier molecular flexibility index (Phi) is 2.21. The SMILES string of the molecule is COC(=O)[C@@H]1CC2CC2C[C@H]1C(=O)O. The minimum atomic E-state index is -0.856. The molecule has 78 valence electrons. The van der Waals surface area contributed by atoms with Gasteiger partial charge in [-0.3, -0.25) is 9.59 Å². The fourth-order valence-electron chi connectivity index (χ4n) is 2.55. The number of fused-ring (bicyclic) bond motifs is 1. The molecule has 0 saturated heterocycles. The number of carboxylic acids is 1. The van der Waals surface area contributed by atoms with Crippen molar-refractivity contribution in [3.63, 3.8) is 0 Å². The van der Waals surface area contributed by atoms with Gasteiger partial charge in [0.15, 0.2) is 0 Å². The highest BCUT2D eigenvalue weighted by Crippen LogP contribution is 2.53. The number of esters is 1. The Morgan fingerprint density at radius 1 is 1.14 bits per heavy atom. The maximum absolute atomic E-state index is 11.4. The van der Waals surface area contributed by atoms with E-state index in [9.17, 15) is 9.59 Å². The second-order valence-corrected chi connectivity index (χ2v) is 4.30. The van der Waals surface area contributed by atoms with E-state index in [0.717, 1.165) is 6.42 Å². The Balaban J connectivity index is 2.10. The summed E-state index contributed by atoms with van der Waals surface area (Å²) in [6.07, 6.45) is 2.45. The summed E-state index contributed by atoms with van der Waals surface area (Å²) in [6, 6.07) is 0. The number of hydrogen-bond acceptors (Lipinski definition) is 3. The van der Waals surface area contributed by atoms with Crippen LogP contribution in [0.3, 0.4) is 0 Å². The zero-order chi connectivity index (χ0) is 10.3. The highest BCUT2D eigenvalue weighted by Gasteiger charge is 2.51. The van der Waals surface area contributed by atoms with Crippen LogP contribution in [0.5, 0.6) is 0 Å². The van der Waals surface area contributed by atoms with Crippen molar-refractivity contribution in [1.29, 1.82) is 0 Å². The lowest BCUT2D eigenvalue weighted by Crippen LogP contribution is -2.34. The molecule has 4 atom stereocenters. The van der Waals surface area contributed by atoms with Gasteiger partial charge in [0.25, 0.3) is 0 Å². The van der Waals surface area contributed by atoms with E-state index in [-0.39, 0.29) is 5.97 Å². The molecule has 0 radical (unpaired) electrons. The van der Waals surface area contributed by atoms with Crippen LogP contribution in [-0.4, -0.2) is 24.2 Å². The minimum absolute atomic E-state index is 0.359. The molecule has 4 nitrogen and oxygen atoms in total. The Morgan fingerprint density at radius 3 is 2.21 bits per heavy atom. The van der Waals surface area contributed by atoms with E-state index in [0.29, 0.717) is 24.7 Å². The van der Waals surface area contributed by atoms with Crippen LogP contribution in [0.4, 0.5) is 0 Å².